The Hall–Kier alpha value is -2.38. The Balaban J connectivity index is 1.85. The van der Waals surface area contributed by atoms with Crippen LogP contribution >= 0.6 is 15.9 Å². The van der Waals surface area contributed by atoms with Gasteiger partial charge in [0.1, 0.15) is 0 Å². The third-order valence-electron chi connectivity index (χ3n) is 4.51. The molecule has 1 aromatic heterocycles. The number of carbonyl (C=O) groups is 2. The zero-order valence-corrected chi connectivity index (χ0v) is 14.9. The Morgan fingerprint density at radius 1 is 1.16 bits per heavy atom. The van der Waals surface area contributed by atoms with Crippen molar-refractivity contribution in [2.75, 3.05) is 26.3 Å². The number of H-pyrrole nitrogens is 1. The molecule has 7 heteroatoms. The number of ether oxygens (including phenoxy) is 1. The van der Waals surface area contributed by atoms with Gasteiger partial charge < -0.3 is 20.4 Å². The molecule has 25 heavy (non-hydrogen) atoms. The van der Waals surface area contributed by atoms with Crippen LogP contribution in [0, 0.1) is 0 Å². The standard InChI is InChI=1S/C18H16BrN3O3/c19-13-4-3-12(17(20)23)16-15(13)11-2-1-10(9-14(11)21-16)18(24)22-5-7-25-8-6-22/h1-4,9,21H,5-8H2,(H2,20,23). The molecule has 0 atom stereocenters. The normalized spacial score (nSPS) is 15.0. The van der Waals surface area contributed by atoms with E-state index in [1.165, 1.54) is 0 Å². The van der Waals surface area contributed by atoms with Crippen LogP contribution in [0.25, 0.3) is 21.8 Å². The molecule has 0 radical (unpaired) electrons. The van der Waals surface area contributed by atoms with Crippen molar-refractivity contribution < 1.29 is 14.3 Å². The van der Waals surface area contributed by atoms with Crippen LogP contribution in [0.3, 0.4) is 0 Å². The number of nitrogens with two attached hydrogens (primary N) is 1. The molecule has 0 unspecified atom stereocenters. The van der Waals surface area contributed by atoms with Gasteiger partial charge in [0.15, 0.2) is 0 Å². The number of fused-ring (bicyclic) bond motifs is 3. The number of aromatic amines is 1. The fraction of sp³-hybridized carbons (Fsp3) is 0.222. The van der Waals surface area contributed by atoms with Crippen molar-refractivity contribution in [3.8, 4) is 0 Å². The summed E-state index contributed by atoms with van der Waals surface area (Å²) >= 11 is 3.53. The van der Waals surface area contributed by atoms with Crippen LogP contribution in [-0.2, 0) is 4.74 Å². The van der Waals surface area contributed by atoms with E-state index in [2.05, 4.69) is 20.9 Å². The van der Waals surface area contributed by atoms with Gasteiger partial charge in [-0.05, 0) is 24.3 Å². The van der Waals surface area contributed by atoms with E-state index in [-0.39, 0.29) is 5.91 Å². The van der Waals surface area contributed by atoms with E-state index >= 15 is 0 Å². The van der Waals surface area contributed by atoms with Gasteiger partial charge in [-0.1, -0.05) is 22.0 Å². The molecule has 0 bridgehead atoms. The predicted molar refractivity (Wildman–Crippen MR) is 98.7 cm³/mol. The van der Waals surface area contributed by atoms with Gasteiger partial charge >= 0.3 is 0 Å². The van der Waals surface area contributed by atoms with Gasteiger partial charge in [-0.15, -0.1) is 0 Å². The summed E-state index contributed by atoms with van der Waals surface area (Å²) in [6.45, 7) is 2.33. The summed E-state index contributed by atoms with van der Waals surface area (Å²) in [5.41, 5.74) is 7.98. The monoisotopic (exact) mass is 401 g/mol. The molecule has 2 aromatic carbocycles. The van der Waals surface area contributed by atoms with Crippen molar-refractivity contribution in [3.63, 3.8) is 0 Å². The third kappa shape index (κ3) is 2.69. The van der Waals surface area contributed by atoms with E-state index in [4.69, 9.17) is 10.5 Å². The number of carbonyl (C=O) groups excluding carboxylic acids is 2. The molecule has 4 rings (SSSR count). The van der Waals surface area contributed by atoms with Crippen LogP contribution in [0.2, 0.25) is 0 Å². The number of rotatable bonds is 2. The summed E-state index contributed by atoms with van der Waals surface area (Å²) in [6.07, 6.45) is 0. The van der Waals surface area contributed by atoms with Crippen LogP contribution in [0.5, 0.6) is 0 Å². The highest BCUT2D eigenvalue weighted by Gasteiger charge is 2.20. The SMILES string of the molecule is NC(=O)c1ccc(Br)c2c1[nH]c1cc(C(=O)N3CCOCC3)ccc12. The van der Waals surface area contributed by atoms with E-state index in [1.54, 1.807) is 11.0 Å². The van der Waals surface area contributed by atoms with Crippen molar-refractivity contribution in [1.82, 2.24) is 9.88 Å². The molecule has 128 valence electrons. The largest absolute Gasteiger partial charge is 0.378 e. The van der Waals surface area contributed by atoms with Crippen LogP contribution in [0.1, 0.15) is 20.7 Å². The Kier molecular flexibility index (Phi) is 3.97. The van der Waals surface area contributed by atoms with Gasteiger partial charge in [0.25, 0.3) is 11.8 Å². The first-order chi connectivity index (χ1) is 12.1. The molecule has 2 amide bonds. The highest BCUT2D eigenvalue weighted by atomic mass is 79.9. The average molecular weight is 402 g/mol. The molecule has 0 spiro atoms. The highest BCUT2D eigenvalue weighted by molar-refractivity contribution is 9.10. The van der Waals surface area contributed by atoms with Crippen molar-refractivity contribution in [1.29, 1.82) is 0 Å². The lowest BCUT2D eigenvalue weighted by Gasteiger charge is -2.26. The van der Waals surface area contributed by atoms with E-state index in [1.807, 2.05) is 24.3 Å². The third-order valence-corrected chi connectivity index (χ3v) is 5.17. The second-order valence-corrected chi connectivity index (χ2v) is 6.85. The molecule has 0 saturated carbocycles. The van der Waals surface area contributed by atoms with Crippen LogP contribution < -0.4 is 5.73 Å². The number of morpholine rings is 1. The Bertz CT molecular complexity index is 1010. The molecule has 1 aliphatic heterocycles. The quantitative estimate of drug-likeness (QED) is 0.691. The van der Waals surface area contributed by atoms with Crippen molar-refractivity contribution in [2.24, 2.45) is 5.73 Å². The number of hydrogen-bond acceptors (Lipinski definition) is 3. The summed E-state index contributed by atoms with van der Waals surface area (Å²) in [4.78, 5) is 29.4. The minimum absolute atomic E-state index is 0.0157. The van der Waals surface area contributed by atoms with Crippen molar-refractivity contribution >= 4 is 49.6 Å². The molecular weight excluding hydrogens is 386 g/mol. The Morgan fingerprint density at radius 2 is 1.92 bits per heavy atom. The topological polar surface area (TPSA) is 88.4 Å². The van der Waals surface area contributed by atoms with Crippen LogP contribution in [-0.4, -0.2) is 48.0 Å². The van der Waals surface area contributed by atoms with Crippen molar-refractivity contribution in [2.45, 2.75) is 0 Å². The molecule has 1 aliphatic rings. The lowest BCUT2D eigenvalue weighted by molar-refractivity contribution is 0.0303. The maximum Gasteiger partial charge on any atom is 0.254 e. The first kappa shape index (κ1) is 16.1. The predicted octanol–water partition coefficient (Wildman–Crippen LogP) is 2.65. The van der Waals surface area contributed by atoms with E-state index in [9.17, 15) is 9.59 Å². The number of halogens is 1. The number of nitrogens with one attached hydrogen (secondary N) is 1. The fourth-order valence-electron chi connectivity index (χ4n) is 3.26. The van der Waals surface area contributed by atoms with Gasteiger partial charge in [-0.3, -0.25) is 9.59 Å². The number of benzene rings is 2. The molecule has 2 heterocycles. The lowest BCUT2D eigenvalue weighted by atomic mass is 10.1. The van der Waals surface area contributed by atoms with Gasteiger partial charge in [0.05, 0.1) is 24.3 Å². The summed E-state index contributed by atoms with van der Waals surface area (Å²) in [7, 11) is 0. The smallest absolute Gasteiger partial charge is 0.254 e. The summed E-state index contributed by atoms with van der Waals surface area (Å²) < 4.78 is 6.16. The average Bonchev–Trinajstić information content (AvgIpc) is 3.01. The highest BCUT2D eigenvalue weighted by Crippen LogP contribution is 2.34. The summed E-state index contributed by atoms with van der Waals surface area (Å²) in [6, 6.07) is 9.03. The molecule has 3 N–H and O–H groups in total. The Labute approximate surface area is 152 Å². The minimum Gasteiger partial charge on any atom is -0.378 e. The minimum atomic E-state index is -0.492. The zero-order valence-electron chi connectivity index (χ0n) is 13.3. The lowest BCUT2D eigenvalue weighted by Crippen LogP contribution is -2.40. The number of primary amides is 1. The van der Waals surface area contributed by atoms with E-state index in [0.717, 1.165) is 20.8 Å². The number of amides is 2. The first-order valence-corrected chi connectivity index (χ1v) is 8.76. The van der Waals surface area contributed by atoms with Crippen molar-refractivity contribution in [3.05, 3.63) is 45.9 Å². The molecule has 6 nitrogen and oxygen atoms in total. The van der Waals surface area contributed by atoms with Gasteiger partial charge in [0.2, 0.25) is 0 Å². The summed E-state index contributed by atoms with van der Waals surface area (Å²) in [5, 5.41) is 1.82. The molecule has 0 aliphatic carbocycles. The molecule has 1 saturated heterocycles. The molecule has 1 fully saturated rings. The fourth-order valence-corrected chi connectivity index (χ4v) is 3.80. The maximum absolute atomic E-state index is 12.7. The van der Waals surface area contributed by atoms with Crippen LogP contribution in [0.15, 0.2) is 34.8 Å². The number of hydrogen-bond donors (Lipinski definition) is 2. The van der Waals surface area contributed by atoms with Gasteiger partial charge in [-0.2, -0.15) is 0 Å². The van der Waals surface area contributed by atoms with E-state index < -0.39 is 5.91 Å². The second-order valence-electron chi connectivity index (χ2n) is 6.00. The summed E-state index contributed by atoms with van der Waals surface area (Å²) in [5.74, 6) is -0.508. The first-order valence-electron chi connectivity index (χ1n) is 7.97. The van der Waals surface area contributed by atoms with Crippen LogP contribution in [0.4, 0.5) is 0 Å². The molecular formula is C18H16BrN3O3. The second kappa shape index (κ2) is 6.16. The Morgan fingerprint density at radius 3 is 2.64 bits per heavy atom. The number of aromatic nitrogens is 1. The number of nitrogens with zero attached hydrogens (tertiary/aromatic N) is 1. The van der Waals surface area contributed by atoms with Gasteiger partial charge in [0, 0.05) is 39.4 Å². The van der Waals surface area contributed by atoms with E-state index in [0.29, 0.717) is 42.9 Å². The zero-order chi connectivity index (χ0) is 17.6. The molecule has 3 aromatic rings. The van der Waals surface area contributed by atoms with Gasteiger partial charge in [-0.25, -0.2) is 0 Å². The maximum atomic E-state index is 12.7.